The summed E-state index contributed by atoms with van der Waals surface area (Å²) in [5.41, 5.74) is 4.06. The smallest absolute Gasteiger partial charge is 0.267 e. The molecule has 0 unspecified atom stereocenters. The van der Waals surface area contributed by atoms with E-state index in [1.165, 1.54) is 17.1 Å². The van der Waals surface area contributed by atoms with Crippen LogP contribution in [-0.2, 0) is 9.59 Å². The van der Waals surface area contributed by atoms with Crippen molar-refractivity contribution in [1.82, 2.24) is 5.48 Å². The number of amides is 2. The third kappa shape index (κ3) is 3.70. The molecule has 2 aromatic rings. The second-order valence-corrected chi connectivity index (χ2v) is 5.75. The molecule has 0 aliphatic heterocycles. The fraction of sp³-hybridized carbons (Fsp3) is 0.158. The first-order valence-electron chi connectivity index (χ1n) is 7.76. The van der Waals surface area contributed by atoms with Crippen molar-refractivity contribution < 1.29 is 14.8 Å². The molecular weight excluding hydrogens is 304 g/mol. The van der Waals surface area contributed by atoms with Crippen LogP contribution in [0.3, 0.4) is 0 Å². The van der Waals surface area contributed by atoms with E-state index in [0.717, 1.165) is 6.42 Å². The molecule has 0 aromatic heterocycles. The van der Waals surface area contributed by atoms with E-state index < -0.39 is 5.91 Å². The number of hydroxylamine groups is 1. The van der Waals surface area contributed by atoms with E-state index >= 15 is 0 Å². The van der Waals surface area contributed by atoms with Gasteiger partial charge in [-0.15, -0.1) is 0 Å². The monoisotopic (exact) mass is 322 g/mol. The summed E-state index contributed by atoms with van der Waals surface area (Å²) >= 11 is 0. The predicted molar refractivity (Wildman–Crippen MR) is 91.3 cm³/mol. The topological polar surface area (TPSA) is 78.4 Å². The zero-order valence-corrected chi connectivity index (χ0v) is 13.0. The number of carbonyl (C=O) groups excluding carboxylic acids is 2. The van der Waals surface area contributed by atoms with Crippen LogP contribution >= 0.6 is 0 Å². The summed E-state index contributed by atoms with van der Waals surface area (Å²) in [5, 5.41) is 11.5. The van der Waals surface area contributed by atoms with Crippen molar-refractivity contribution in [3.8, 4) is 0 Å². The molecule has 3 rings (SSSR count). The molecule has 3 N–H and O–H groups in total. The second-order valence-electron chi connectivity index (χ2n) is 5.75. The molecule has 1 saturated carbocycles. The predicted octanol–water partition coefficient (Wildman–Crippen LogP) is 2.95. The van der Waals surface area contributed by atoms with Gasteiger partial charge in [-0.25, -0.2) is 5.48 Å². The van der Waals surface area contributed by atoms with Gasteiger partial charge >= 0.3 is 0 Å². The van der Waals surface area contributed by atoms with Gasteiger partial charge in [0.1, 0.15) is 0 Å². The molecule has 5 nitrogen and oxygen atoms in total. The van der Waals surface area contributed by atoms with Gasteiger partial charge in [0.2, 0.25) is 5.91 Å². The molecule has 1 aliphatic carbocycles. The molecular formula is C19H18N2O3. The molecule has 0 saturated heterocycles. The first kappa shape index (κ1) is 16.0. The van der Waals surface area contributed by atoms with Gasteiger partial charge in [0, 0.05) is 17.7 Å². The van der Waals surface area contributed by atoms with Crippen LogP contribution in [0.25, 0.3) is 6.08 Å². The number of anilines is 1. The molecule has 1 fully saturated rings. The lowest BCUT2D eigenvalue weighted by atomic mass is 10.1. The van der Waals surface area contributed by atoms with Crippen LogP contribution in [0.4, 0.5) is 5.69 Å². The zero-order valence-electron chi connectivity index (χ0n) is 13.0. The van der Waals surface area contributed by atoms with Crippen LogP contribution in [0.15, 0.2) is 60.7 Å². The van der Waals surface area contributed by atoms with E-state index in [1.807, 2.05) is 42.5 Å². The van der Waals surface area contributed by atoms with Crippen LogP contribution in [0.5, 0.6) is 0 Å². The molecule has 0 heterocycles. The fourth-order valence-electron chi connectivity index (χ4n) is 2.74. The van der Waals surface area contributed by atoms with E-state index in [2.05, 4.69) is 5.32 Å². The largest absolute Gasteiger partial charge is 0.325 e. The third-order valence-electron chi connectivity index (χ3n) is 4.10. The van der Waals surface area contributed by atoms with Crippen LogP contribution in [0.1, 0.15) is 23.5 Å². The van der Waals surface area contributed by atoms with Gasteiger partial charge in [0.15, 0.2) is 0 Å². The van der Waals surface area contributed by atoms with Crippen molar-refractivity contribution in [1.29, 1.82) is 0 Å². The van der Waals surface area contributed by atoms with Gasteiger partial charge in [-0.1, -0.05) is 48.5 Å². The van der Waals surface area contributed by atoms with Crippen molar-refractivity contribution in [2.75, 3.05) is 5.32 Å². The lowest BCUT2D eigenvalue weighted by molar-refractivity contribution is -0.124. The number of hydrogen-bond acceptors (Lipinski definition) is 3. The molecule has 24 heavy (non-hydrogen) atoms. The van der Waals surface area contributed by atoms with E-state index in [9.17, 15) is 9.59 Å². The molecule has 1 aliphatic rings. The highest BCUT2D eigenvalue weighted by Gasteiger charge is 2.43. The molecule has 0 spiro atoms. The number of carbonyl (C=O) groups is 2. The third-order valence-corrected chi connectivity index (χ3v) is 4.10. The molecule has 2 atom stereocenters. The van der Waals surface area contributed by atoms with Gasteiger partial charge in [0.05, 0.1) is 0 Å². The Labute approximate surface area is 140 Å². The summed E-state index contributed by atoms with van der Waals surface area (Å²) in [6.45, 7) is 0. The van der Waals surface area contributed by atoms with Crippen LogP contribution in [0, 0.1) is 5.92 Å². The maximum atomic E-state index is 12.5. The minimum Gasteiger partial charge on any atom is -0.325 e. The van der Waals surface area contributed by atoms with E-state index in [1.54, 1.807) is 18.2 Å². The maximum Gasteiger partial charge on any atom is 0.267 e. The van der Waals surface area contributed by atoms with Gasteiger partial charge in [-0.05, 0) is 35.6 Å². The summed E-state index contributed by atoms with van der Waals surface area (Å²) < 4.78 is 0. The Morgan fingerprint density at radius 1 is 1.04 bits per heavy atom. The van der Waals surface area contributed by atoms with E-state index in [0.29, 0.717) is 11.3 Å². The second kappa shape index (κ2) is 7.10. The average Bonchev–Trinajstić information content (AvgIpc) is 3.42. The number of nitrogens with one attached hydrogen (secondary N) is 2. The van der Waals surface area contributed by atoms with Gasteiger partial charge in [-0.2, -0.15) is 0 Å². The minimum atomic E-state index is -0.623. The standard InChI is InChI=1S/C19H18N2O3/c22-18(21-24)11-10-14-8-4-5-9-17(14)20-19(23)16-12-15(16)13-6-2-1-3-7-13/h1-11,15-16,24H,12H2,(H,20,23)(H,21,22)/b11-10+/t15-,16+/m1/s1. The molecule has 2 amide bonds. The van der Waals surface area contributed by atoms with Crippen LogP contribution in [0.2, 0.25) is 0 Å². The van der Waals surface area contributed by atoms with Crippen molar-refractivity contribution in [3.63, 3.8) is 0 Å². The Bertz CT molecular complexity index is 771. The van der Waals surface area contributed by atoms with Gasteiger partial charge < -0.3 is 5.32 Å². The first-order chi connectivity index (χ1) is 11.7. The van der Waals surface area contributed by atoms with E-state index in [-0.39, 0.29) is 17.7 Å². The van der Waals surface area contributed by atoms with E-state index in [4.69, 9.17) is 5.21 Å². The number of rotatable bonds is 5. The zero-order chi connectivity index (χ0) is 16.9. The Kier molecular flexibility index (Phi) is 4.72. The highest BCUT2D eigenvalue weighted by molar-refractivity contribution is 5.98. The SMILES string of the molecule is O=C(/C=C/c1ccccc1NC(=O)[C@H]1C[C@@H]1c1ccccc1)NO. The number of benzene rings is 2. The summed E-state index contributed by atoms with van der Waals surface area (Å²) in [7, 11) is 0. The Morgan fingerprint density at radius 3 is 2.50 bits per heavy atom. The first-order valence-corrected chi connectivity index (χ1v) is 7.76. The maximum absolute atomic E-state index is 12.5. The van der Waals surface area contributed by atoms with Gasteiger partial charge in [-0.3, -0.25) is 14.8 Å². The number of hydrogen-bond donors (Lipinski definition) is 3. The lowest BCUT2D eigenvalue weighted by Gasteiger charge is -2.08. The van der Waals surface area contributed by atoms with Crippen LogP contribution in [-0.4, -0.2) is 17.0 Å². The molecule has 0 bridgehead atoms. The quantitative estimate of drug-likeness (QED) is 0.450. The number of para-hydroxylation sites is 1. The normalized spacial score (nSPS) is 19.0. The lowest BCUT2D eigenvalue weighted by Crippen LogP contribution is -2.16. The van der Waals surface area contributed by atoms with Crippen molar-refractivity contribution in [2.24, 2.45) is 5.92 Å². The van der Waals surface area contributed by atoms with Crippen LogP contribution < -0.4 is 10.8 Å². The molecule has 122 valence electrons. The minimum absolute atomic E-state index is 0.0173. The Hall–Kier alpha value is -2.92. The van der Waals surface area contributed by atoms with Gasteiger partial charge in [0.25, 0.3) is 5.91 Å². The molecule has 0 radical (unpaired) electrons. The summed E-state index contributed by atoms with van der Waals surface area (Å²) in [4.78, 5) is 23.6. The fourth-order valence-corrected chi connectivity index (χ4v) is 2.74. The Morgan fingerprint density at radius 2 is 1.75 bits per heavy atom. The van der Waals surface area contributed by atoms with Crippen molar-refractivity contribution in [2.45, 2.75) is 12.3 Å². The molecule has 2 aromatic carbocycles. The highest BCUT2D eigenvalue weighted by atomic mass is 16.5. The van der Waals surface area contributed by atoms with Crippen molar-refractivity contribution in [3.05, 3.63) is 71.8 Å². The summed E-state index contributed by atoms with van der Waals surface area (Å²) in [5.74, 6) is -0.391. The Balaban J connectivity index is 1.68. The highest BCUT2D eigenvalue weighted by Crippen LogP contribution is 2.47. The average molecular weight is 322 g/mol. The molecule has 5 heteroatoms. The van der Waals surface area contributed by atoms with Crippen molar-refractivity contribution >= 4 is 23.6 Å². The summed E-state index contributed by atoms with van der Waals surface area (Å²) in [6.07, 6.45) is 3.60. The summed E-state index contributed by atoms with van der Waals surface area (Å²) in [6, 6.07) is 17.2.